The van der Waals surface area contributed by atoms with Crippen LogP contribution in [-0.2, 0) is 13.1 Å². The van der Waals surface area contributed by atoms with Crippen molar-refractivity contribution in [3.8, 4) is 0 Å². The maximum Gasteiger partial charge on any atom is 0.335 e. The van der Waals surface area contributed by atoms with E-state index in [0.717, 1.165) is 23.1 Å². The van der Waals surface area contributed by atoms with Crippen molar-refractivity contribution in [1.82, 2.24) is 14.7 Å². The molecular weight excluding hydrogens is 322 g/mol. The highest BCUT2D eigenvalue weighted by molar-refractivity contribution is 9.10. The largest absolute Gasteiger partial charge is 0.478 e. The van der Waals surface area contributed by atoms with Gasteiger partial charge >= 0.3 is 5.97 Å². The number of hydrogen-bond acceptors (Lipinski definition) is 3. The number of aromatic nitrogens is 2. The van der Waals surface area contributed by atoms with Gasteiger partial charge < -0.3 is 10.0 Å². The van der Waals surface area contributed by atoms with Crippen molar-refractivity contribution in [3.05, 3.63) is 52.3 Å². The van der Waals surface area contributed by atoms with Gasteiger partial charge in [0, 0.05) is 19.3 Å². The van der Waals surface area contributed by atoms with Crippen LogP contribution in [0.1, 0.15) is 15.9 Å². The van der Waals surface area contributed by atoms with Gasteiger partial charge in [-0.25, -0.2) is 4.79 Å². The molecule has 2 rings (SSSR count). The molecule has 1 N–H and O–H groups in total. The van der Waals surface area contributed by atoms with Gasteiger partial charge in [-0.1, -0.05) is 12.1 Å². The van der Waals surface area contributed by atoms with Crippen molar-refractivity contribution in [1.29, 1.82) is 0 Å². The first-order chi connectivity index (χ1) is 9.54. The predicted octanol–water partition coefficient (Wildman–Crippen LogP) is 2.48. The summed E-state index contributed by atoms with van der Waals surface area (Å²) in [6.07, 6.45) is 3.69. The number of halogens is 1. The molecule has 1 aromatic carbocycles. The van der Waals surface area contributed by atoms with Crippen LogP contribution < -0.4 is 0 Å². The molecule has 0 atom stereocenters. The summed E-state index contributed by atoms with van der Waals surface area (Å²) >= 11 is 3.36. The van der Waals surface area contributed by atoms with Crippen LogP contribution >= 0.6 is 15.9 Å². The molecule has 0 saturated heterocycles. The van der Waals surface area contributed by atoms with E-state index >= 15 is 0 Å². The average molecular weight is 338 g/mol. The highest BCUT2D eigenvalue weighted by atomic mass is 79.9. The lowest BCUT2D eigenvalue weighted by molar-refractivity contribution is 0.0696. The lowest BCUT2D eigenvalue weighted by Crippen LogP contribution is -2.23. The molecule has 1 aromatic heterocycles. The summed E-state index contributed by atoms with van der Waals surface area (Å²) in [5.74, 6) is -0.893. The van der Waals surface area contributed by atoms with Crippen molar-refractivity contribution in [3.63, 3.8) is 0 Å². The molecule has 0 unspecified atom stereocenters. The lowest BCUT2D eigenvalue weighted by Gasteiger charge is -2.16. The zero-order valence-electron chi connectivity index (χ0n) is 11.2. The third-order valence-electron chi connectivity index (χ3n) is 2.94. The van der Waals surface area contributed by atoms with E-state index < -0.39 is 5.97 Å². The quantitative estimate of drug-likeness (QED) is 0.879. The standard InChI is InChI=1S/C14H16BrN3O2/c1-17(5-6-18-10-13(15)8-16-18)9-11-3-2-4-12(7-11)14(19)20/h2-4,7-8,10H,5-6,9H2,1H3,(H,19,20). The topological polar surface area (TPSA) is 58.4 Å². The Bertz CT molecular complexity index is 598. The average Bonchev–Trinajstić information content (AvgIpc) is 2.82. The summed E-state index contributed by atoms with van der Waals surface area (Å²) in [4.78, 5) is 13.1. The van der Waals surface area contributed by atoms with Crippen LogP contribution in [0.15, 0.2) is 41.1 Å². The maximum atomic E-state index is 10.9. The number of rotatable bonds is 6. The number of benzene rings is 1. The summed E-state index contributed by atoms with van der Waals surface area (Å²) in [6, 6.07) is 7.03. The molecule has 2 aromatic rings. The van der Waals surface area contributed by atoms with E-state index in [1.54, 1.807) is 24.4 Å². The van der Waals surface area contributed by atoms with Crippen LogP contribution in [0.2, 0.25) is 0 Å². The predicted molar refractivity (Wildman–Crippen MR) is 79.7 cm³/mol. The van der Waals surface area contributed by atoms with Crippen LogP contribution in [0.3, 0.4) is 0 Å². The molecule has 6 heteroatoms. The number of carboxylic acid groups (broad SMARTS) is 1. The number of hydrogen-bond donors (Lipinski definition) is 1. The fourth-order valence-electron chi connectivity index (χ4n) is 1.93. The molecule has 0 saturated carbocycles. The van der Waals surface area contributed by atoms with Gasteiger partial charge in [-0.05, 0) is 40.7 Å². The van der Waals surface area contributed by atoms with E-state index in [0.29, 0.717) is 12.1 Å². The number of nitrogens with zero attached hydrogens (tertiary/aromatic N) is 3. The van der Waals surface area contributed by atoms with Gasteiger partial charge in [-0.3, -0.25) is 4.68 Å². The monoisotopic (exact) mass is 337 g/mol. The van der Waals surface area contributed by atoms with Crippen LogP contribution in [0.5, 0.6) is 0 Å². The molecule has 0 spiro atoms. The van der Waals surface area contributed by atoms with Gasteiger partial charge in [0.2, 0.25) is 0 Å². The first kappa shape index (κ1) is 14.7. The highest BCUT2D eigenvalue weighted by Gasteiger charge is 2.06. The van der Waals surface area contributed by atoms with E-state index in [2.05, 4.69) is 25.9 Å². The first-order valence-corrected chi connectivity index (χ1v) is 7.02. The summed E-state index contributed by atoms with van der Waals surface area (Å²) < 4.78 is 2.84. The fraction of sp³-hybridized carbons (Fsp3) is 0.286. The van der Waals surface area contributed by atoms with Gasteiger partial charge in [0.1, 0.15) is 0 Å². The van der Waals surface area contributed by atoms with Crippen LogP contribution in [0, 0.1) is 0 Å². The summed E-state index contributed by atoms with van der Waals surface area (Å²) in [5.41, 5.74) is 1.32. The van der Waals surface area contributed by atoms with Gasteiger partial charge in [-0.2, -0.15) is 5.10 Å². The van der Waals surface area contributed by atoms with Crippen LogP contribution in [-0.4, -0.2) is 39.3 Å². The van der Waals surface area contributed by atoms with Crippen molar-refractivity contribution in [2.45, 2.75) is 13.1 Å². The zero-order valence-corrected chi connectivity index (χ0v) is 12.7. The minimum Gasteiger partial charge on any atom is -0.478 e. The molecule has 0 radical (unpaired) electrons. The van der Waals surface area contributed by atoms with E-state index in [4.69, 9.17) is 5.11 Å². The zero-order chi connectivity index (χ0) is 14.5. The Balaban J connectivity index is 1.89. The second-order valence-electron chi connectivity index (χ2n) is 4.66. The first-order valence-electron chi connectivity index (χ1n) is 6.23. The Hall–Kier alpha value is -1.66. The highest BCUT2D eigenvalue weighted by Crippen LogP contribution is 2.09. The van der Waals surface area contributed by atoms with Gasteiger partial charge in [-0.15, -0.1) is 0 Å². The summed E-state index contributed by atoms with van der Waals surface area (Å²) in [6.45, 7) is 2.34. The second-order valence-corrected chi connectivity index (χ2v) is 5.58. The number of carbonyl (C=O) groups is 1. The number of likely N-dealkylation sites (N-methyl/N-ethyl adjacent to an activating group) is 1. The fourth-order valence-corrected chi connectivity index (χ4v) is 2.26. The summed E-state index contributed by atoms with van der Waals surface area (Å²) in [5, 5.41) is 13.2. The minimum absolute atomic E-state index is 0.326. The Kier molecular flexibility index (Phi) is 4.92. The Morgan fingerprint density at radius 1 is 1.50 bits per heavy atom. The Labute approximate surface area is 126 Å². The van der Waals surface area contributed by atoms with E-state index in [1.165, 1.54) is 0 Å². The number of carboxylic acids is 1. The molecule has 106 valence electrons. The van der Waals surface area contributed by atoms with Gasteiger partial charge in [0.25, 0.3) is 0 Å². The van der Waals surface area contributed by atoms with Crippen molar-refractivity contribution < 1.29 is 9.90 Å². The van der Waals surface area contributed by atoms with Gasteiger partial charge in [0.05, 0.1) is 22.8 Å². The van der Waals surface area contributed by atoms with Crippen molar-refractivity contribution >= 4 is 21.9 Å². The maximum absolute atomic E-state index is 10.9. The van der Waals surface area contributed by atoms with Crippen LogP contribution in [0.4, 0.5) is 0 Å². The van der Waals surface area contributed by atoms with Gasteiger partial charge in [0.15, 0.2) is 0 Å². The van der Waals surface area contributed by atoms with E-state index in [-0.39, 0.29) is 0 Å². The van der Waals surface area contributed by atoms with Crippen molar-refractivity contribution in [2.75, 3.05) is 13.6 Å². The second kappa shape index (κ2) is 6.67. The third kappa shape index (κ3) is 4.18. The molecule has 0 bridgehead atoms. The molecule has 0 amide bonds. The van der Waals surface area contributed by atoms with Crippen LogP contribution in [0.25, 0.3) is 0 Å². The summed E-state index contributed by atoms with van der Waals surface area (Å²) in [7, 11) is 2.01. The normalized spacial score (nSPS) is 10.9. The minimum atomic E-state index is -0.893. The molecule has 20 heavy (non-hydrogen) atoms. The molecule has 0 aliphatic rings. The molecule has 0 aliphatic heterocycles. The van der Waals surface area contributed by atoms with E-state index in [9.17, 15) is 4.79 Å². The lowest BCUT2D eigenvalue weighted by atomic mass is 10.1. The van der Waals surface area contributed by atoms with Crippen molar-refractivity contribution in [2.24, 2.45) is 0 Å². The number of aromatic carboxylic acids is 1. The Morgan fingerprint density at radius 2 is 2.30 bits per heavy atom. The molecule has 5 nitrogen and oxygen atoms in total. The third-order valence-corrected chi connectivity index (χ3v) is 3.35. The molecule has 0 aliphatic carbocycles. The Morgan fingerprint density at radius 3 is 2.95 bits per heavy atom. The molecule has 0 fully saturated rings. The SMILES string of the molecule is CN(CCn1cc(Br)cn1)Cc1cccc(C(=O)O)c1. The smallest absolute Gasteiger partial charge is 0.335 e. The van der Waals surface area contributed by atoms with E-state index in [1.807, 2.05) is 24.0 Å². The molecular formula is C14H16BrN3O2. The molecule has 1 heterocycles.